The van der Waals surface area contributed by atoms with E-state index in [2.05, 4.69) is 10.1 Å². The molecule has 1 aromatic rings. The summed E-state index contributed by atoms with van der Waals surface area (Å²) in [5.74, 6) is -0.562. The fourth-order valence-corrected chi connectivity index (χ4v) is 2.17. The van der Waals surface area contributed by atoms with E-state index in [4.69, 9.17) is 5.73 Å². The van der Waals surface area contributed by atoms with Crippen molar-refractivity contribution in [2.75, 3.05) is 31.7 Å². The van der Waals surface area contributed by atoms with Crippen LogP contribution in [-0.4, -0.2) is 46.8 Å². The second-order valence-corrected chi connectivity index (χ2v) is 6.30. The van der Waals surface area contributed by atoms with Crippen molar-refractivity contribution in [3.8, 4) is 0 Å². The van der Waals surface area contributed by atoms with Gasteiger partial charge in [-0.2, -0.15) is 0 Å². The van der Waals surface area contributed by atoms with Gasteiger partial charge in [0.2, 0.25) is 0 Å². The van der Waals surface area contributed by atoms with Crippen molar-refractivity contribution in [2.45, 2.75) is 11.3 Å². The Kier molecular flexibility index (Phi) is 6.03. The van der Waals surface area contributed by atoms with Crippen LogP contribution in [0.5, 0.6) is 0 Å². The van der Waals surface area contributed by atoms with E-state index in [0.717, 1.165) is 6.26 Å². The minimum Gasteiger partial charge on any atom is -0.399 e. The molecule has 3 N–H and O–H groups in total. The summed E-state index contributed by atoms with van der Waals surface area (Å²) < 4.78 is 51.1. The van der Waals surface area contributed by atoms with Gasteiger partial charge in [-0.05, 0) is 18.2 Å². The summed E-state index contributed by atoms with van der Waals surface area (Å²) in [6.45, 7) is -0.752. The molecule has 0 saturated carbocycles. The average molecular weight is 322 g/mol. The van der Waals surface area contributed by atoms with Crippen LogP contribution in [0.15, 0.2) is 23.1 Å². The van der Waals surface area contributed by atoms with Crippen molar-refractivity contribution in [1.29, 1.82) is 0 Å². The van der Waals surface area contributed by atoms with Gasteiger partial charge < -0.3 is 15.8 Å². The number of hydrogen-bond acceptors (Lipinski definition) is 5. The summed E-state index contributed by atoms with van der Waals surface area (Å²) in [6, 6.07) is 3.77. The van der Waals surface area contributed by atoms with Gasteiger partial charge in [-0.25, -0.2) is 17.2 Å². The van der Waals surface area contributed by atoms with Gasteiger partial charge in [0.05, 0.1) is 11.5 Å². The number of carbonyl (C=O) groups excluding carboxylic acids is 1. The number of carbonyl (C=O) groups is 1. The number of sulfone groups is 1. The summed E-state index contributed by atoms with van der Waals surface area (Å²) in [7, 11) is -3.49. The molecule has 0 bridgehead atoms. The largest absolute Gasteiger partial charge is 0.399 e. The van der Waals surface area contributed by atoms with Crippen LogP contribution in [0, 0.1) is 0 Å². The van der Waals surface area contributed by atoms with Crippen LogP contribution in [0.4, 0.5) is 14.5 Å². The topological polar surface area (TPSA) is 98.5 Å². The smallest absolute Gasteiger partial charge is 0.261 e. The number of hydrogen-bond donors (Lipinski definition) is 2. The van der Waals surface area contributed by atoms with E-state index in [0.29, 0.717) is 0 Å². The maximum Gasteiger partial charge on any atom is 0.261 e. The lowest BCUT2D eigenvalue weighted by Crippen LogP contribution is -2.28. The van der Waals surface area contributed by atoms with Gasteiger partial charge in [0.25, 0.3) is 12.3 Å². The number of halogens is 2. The number of alkyl halides is 2. The molecule has 0 radical (unpaired) electrons. The first-order chi connectivity index (χ1) is 9.70. The summed E-state index contributed by atoms with van der Waals surface area (Å²) in [4.78, 5) is 11.7. The minimum absolute atomic E-state index is 0.0224. The molecule has 0 unspecified atom stereocenters. The normalized spacial score (nSPS) is 11.6. The van der Waals surface area contributed by atoms with E-state index < -0.39 is 28.8 Å². The monoisotopic (exact) mass is 322 g/mol. The fraction of sp³-hybridized carbons (Fsp3) is 0.417. The lowest BCUT2D eigenvalue weighted by molar-refractivity contribution is 0.0188. The quantitative estimate of drug-likeness (QED) is 0.568. The number of nitrogens with one attached hydrogen (secondary N) is 1. The van der Waals surface area contributed by atoms with Crippen LogP contribution < -0.4 is 11.1 Å². The maximum atomic E-state index is 11.8. The van der Waals surface area contributed by atoms with Gasteiger partial charge in [-0.1, -0.05) is 0 Å². The van der Waals surface area contributed by atoms with Crippen molar-refractivity contribution in [3.05, 3.63) is 23.8 Å². The van der Waals surface area contributed by atoms with Crippen molar-refractivity contribution in [1.82, 2.24) is 5.32 Å². The lowest BCUT2D eigenvalue weighted by Gasteiger charge is -2.08. The number of amides is 1. The van der Waals surface area contributed by atoms with Crippen LogP contribution in [0.25, 0.3) is 0 Å². The highest BCUT2D eigenvalue weighted by molar-refractivity contribution is 7.90. The predicted octanol–water partition coefficient (Wildman–Crippen LogP) is 0.684. The third-order valence-electron chi connectivity index (χ3n) is 2.39. The molecule has 0 atom stereocenters. The zero-order valence-electron chi connectivity index (χ0n) is 11.3. The lowest BCUT2D eigenvalue weighted by atomic mass is 10.2. The Balaban J connectivity index is 2.64. The van der Waals surface area contributed by atoms with Gasteiger partial charge in [0.1, 0.15) is 6.61 Å². The highest BCUT2D eigenvalue weighted by Crippen LogP contribution is 2.16. The first-order valence-electron chi connectivity index (χ1n) is 5.95. The molecule has 0 fully saturated rings. The molecule has 0 aliphatic heterocycles. The maximum absolute atomic E-state index is 11.8. The molecule has 9 heteroatoms. The van der Waals surface area contributed by atoms with E-state index in [-0.39, 0.29) is 29.3 Å². The molecule has 0 aliphatic carbocycles. The van der Waals surface area contributed by atoms with Gasteiger partial charge in [-0.3, -0.25) is 4.79 Å². The molecule has 1 aromatic carbocycles. The van der Waals surface area contributed by atoms with Crippen molar-refractivity contribution < 1.29 is 26.7 Å². The van der Waals surface area contributed by atoms with Crippen LogP contribution in [0.1, 0.15) is 10.4 Å². The molecule has 0 saturated heterocycles. The number of ether oxygens (including phenoxy) is 1. The van der Waals surface area contributed by atoms with E-state index in [9.17, 15) is 22.0 Å². The van der Waals surface area contributed by atoms with Gasteiger partial charge in [0, 0.05) is 24.1 Å². The third kappa shape index (κ3) is 6.05. The molecular weight excluding hydrogens is 306 g/mol. The molecule has 6 nitrogen and oxygen atoms in total. The van der Waals surface area contributed by atoms with Crippen molar-refractivity contribution >= 4 is 21.4 Å². The Morgan fingerprint density at radius 1 is 1.38 bits per heavy atom. The van der Waals surface area contributed by atoms with E-state index >= 15 is 0 Å². The zero-order chi connectivity index (χ0) is 16.0. The van der Waals surface area contributed by atoms with Crippen LogP contribution in [0.3, 0.4) is 0 Å². The first-order valence-corrected chi connectivity index (χ1v) is 7.84. The number of anilines is 1. The first kappa shape index (κ1) is 17.3. The Hall–Kier alpha value is -1.74. The predicted molar refractivity (Wildman–Crippen MR) is 73.1 cm³/mol. The third-order valence-corrected chi connectivity index (χ3v) is 3.49. The molecule has 21 heavy (non-hydrogen) atoms. The molecule has 0 heterocycles. The zero-order valence-corrected chi connectivity index (χ0v) is 12.1. The SMILES string of the molecule is CS(=O)(=O)c1cc(N)cc(C(=O)NCCOCC(F)F)c1. The molecule has 0 spiro atoms. The van der Waals surface area contributed by atoms with Crippen LogP contribution in [-0.2, 0) is 14.6 Å². The van der Waals surface area contributed by atoms with E-state index in [1.165, 1.54) is 18.2 Å². The Labute approximate surface area is 121 Å². The average Bonchev–Trinajstić information content (AvgIpc) is 2.36. The van der Waals surface area contributed by atoms with Crippen molar-refractivity contribution in [3.63, 3.8) is 0 Å². The molecule has 118 valence electrons. The van der Waals surface area contributed by atoms with E-state index in [1.807, 2.05) is 0 Å². The highest BCUT2D eigenvalue weighted by atomic mass is 32.2. The summed E-state index contributed by atoms with van der Waals surface area (Å²) in [5, 5.41) is 2.42. The van der Waals surface area contributed by atoms with Crippen LogP contribution in [0.2, 0.25) is 0 Å². The number of rotatable bonds is 7. The number of nitrogens with two attached hydrogens (primary N) is 1. The Morgan fingerprint density at radius 3 is 2.62 bits per heavy atom. The standard InChI is InChI=1S/C12H16F2N2O4S/c1-21(18,19)10-5-8(4-9(15)6-10)12(17)16-2-3-20-7-11(13)14/h4-6,11H,2-3,7,15H2,1H3,(H,16,17). The second-order valence-electron chi connectivity index (χ2n) is 4.28. The minimum atomic E-state index is -3.49. The van der Waals surface area contributed by atoms with Gasteiger partial charge >= 0.3 is 0 Å². The van der Waals surface area contributed by atoms with Gasteiger partial charge in [0.15, 0.2) is 9.84 Å². The second kappa shape index (κ2) is 7.32. The number of nitrogen functional groups attached to an aromatic ring is 1. The van der Waals surface area contributed by atoms with Gasteiger partial charge in [-0.15, -0.1) is 0 Å². The highest BCUT2D eigenvalue weighted by Gasteiger charge is 2.13. The molecule has 1 amide bonds. The van der Waals surface area contributed by atoms with Crippen molar-refractivity contribution in [2.24, 2.45) is 0 Å². The Morgan fingerprint density at radius 2 is 2.05 bits per heavy atom. The van der Waals surface area contributed by atoms with Crippen LogP contribution >= 0.6 is 0 Å². The molecule has 1 rings (SSSR count). The Bertz CT molecular complexity index is 605. The number of benzene rings is 1. The van der Waals surface area contributed by atoms with E-state index in [1.54, 1.807) is 0 Å². The summed E-state index contributed by atoms with van der Waals surface area (Å²) in [6.07, 6.45) is -1.56. The summed E-state index contributed by atoms with van der Waals surface area (Å²) >= 11 is 0. The molecular formula is C12H16F2N2O4S. The summed E-state index contributed by atoms with van der Waals surface area (Å²) in [5.41, 5.74) is 5.76. The molecule has 0 aromatic heterocycles. The molecule has 0 aliphatic rings. The fourth-order valence-electron chi connectivity index (χ4n) is 1.48.